The monoisotopic (exact) mass is 303 g/mol. The first-order valence-electron chi connectivity index (χ1n) is 7.88. The maximum atomic E-state index is 12.2. The Kier molecular flexibility index (Phi) is 5.55. The van der Waals surface area contributed by atoms with Gasteiger partial charge in [0.25, 0.3) is 0 Å². The van der Waals surface area contributed by atoms with E-state index in [2.05, 4.69) is 27.7 Å². The zero-order chi connectivity index (χ0) is 16.1. The van der Waals surface area contributed by atoms with Gasteiger partial charge in [-0.2, -0.15) is 0 Å². The van der Waals surface area contributed by atoms with Crippen LogP contribution in [0.5, 0.6) is 0 Å². The molecule has 1 aliphatic heterocycles. The summed E-state index contributed by atoms with van der Waals surface area (Å²) in [5.41, 5.74) is 1.22. The fraction of sp³-hybridized carbons (Fsp3) is 0.529. The number of hydrogen-bond donors (Lipinski definition) is 2. The van der Waals surface area contributed by atoms with E-state index in [0.29, 0.717) is 12.5 Å². The van der Waals surface area contributed by atoms with Crippen LogP contribution in [0.2, 0.25) is 0 Å². The standard InChI is InChI=1S/C17H25N3O2/c1-12(2)11-18-17(22)19-16(21)13(3)20-10-9-15(20)14-7-5-4-6-8-14/h4-8,12-13,15H,9-11H2,1-3H3,(H2,18,19,21,22)/t13-,15-/m0/s1. The lowest BCUT2D eigenvalue weighted by molar-refractivity contribution is -0.128. The van der Waals surface area contributed by atoms with E-state index in [9.17, 15) is 9.59 Å². The molecular weight excluding hydrogens is 278 g/mol. The van der Waals surface area contributed by atoms with Crippen LogP contribution in [-0.2, 0) is 4.79 Å². The molecule has 0 unspecified atom stereocenters. The number of nitrogens with one attached hydrogen (secondary N) is 2. The highest BCUT2D eigenvalue weighted by molar-refractivity contribution is 5.96. The SMILES string of the molecule is CC(C)CNC(=O)NC(=O)[C@H](C)N1CC[C@H]1c1ccccc1. The van der Waals surface area contributed by atoms with Gasteiger partial charge in [0.15, 0.2) is 0 Å². The minimum Gasteiger partial charge on any atom is -0.338 e. The van der Waals surface area contributed by atoms with Gasteiger partial charge in [0.2, 0.25) is 5.91 Å². The van der Waals surface area contributed by atoms with Gasteiger partial charge in [-0.05, 0) is 24.8 Å². The lowest BCUT2D eigenvalue weighted by Crippen LogP contribution is -2.55. The average Bonchev–Trinajstić information content (AvgIpc) is 2.45. The second-order valence-electron chi connectivity index (χ2n) is 6.22. The Morgan fingerprint density at radius 1 is 1.23 bits per heavy atom. The summed E-state index contributed by atoms with van der Waals surface area (Å²) < 4.78 is 0. The molecule has 0 saturated carbocycles. The first kappa shape index (κ1) is 16.5. The molecular formula is C17H25N3O2. The van der Waals surface area contributed by atoms with E-state index in [-0.39, 0.29) is 18.0 Å². The Labute approximate surface area is 132 Å². The molecule has 0 aromatic heterocycles. The molecule has 1 aromatic rings. The van der Waals surface area contributed by atoms with Crippen molar-refractivity contribution >= 4 is 11.9 Å². The van der Waals surface area contributed by atoms with Crippen LogP contribution in [0.3, 0.4) is 0 Å². The highest BCUT2D eigenvalue weighted by Gasteiger charge is 2.36. The second kappa shape index (κ2) is 7.40. The fourth-order valence-corrected chi connectivity index (χ4v) is 2.61. The highest BCUT2D eigenvalue weighted by Crippen LogP contribution is 2.34. The smallest absolute Gasteiger partial charge is 0.321 e. The van der Waals surface area contributed by atoms with Crippen LogP contribution >= 0.6 is 0 Å². The average molecular weight is 303 g/mol. The van der Waals surface area contributed by atoms with Crippen LogP contribution < -0.4 is 10.6 Å². The molecule has 0 radical (unpaired) electrons. The number of likely N-dealkylation sites (tertiary alicyclic amines) is 1. The van der Waals surface area contributed by atoms with Crippen molar-refractivity contribution in [1.82, 2.24) is 15.5 Å². The van der Waals surface area contributed by atoms with E-state index in [4.69, 9.17) is 0 Å². The van der Waals surface area contributed by atoms with Gasteiger partial charge >= 0.3 is 6.03 Å². The molecule has 5 heteroatoms. The molecule has 2 N–H and O–H groups in total. The molecule has 3 amide bonds. The van der Waals surface area contributed by atoms with Gasteiger partial charge < -0.3 is 5.32 Å². The van der Waals surface area contributed by atoms with Crippen molar-refractivity contribution in [3.8, 4) is 0 Å². The second-order valence-corrected chi connectivity index (χ2v) is 6.22. The molecule has 1 aliphatic rings. The van der Waals surface area contributed by atoms with E-state index in [0.717, 1.165) is 13.0 Å². The van der Waals surface area contributed by atoms with E-state index < -0.39 is 6.03 Å². The third kappa shape index (κ3) is 4.07. The molecule has 1 aromatic carbocycles. The first-order valence-corrected chi connectivity index (χ1v) is 7.88. The van der Waals surface area contributed by atoms with Crippen molar-refractivity contribution in [3.63, 3.8) is 0 Å². The molecule has 5 nitrogen and oxygen atoms in total. The Balaban J connectivity index is 1.87. The third-order valence-corrected chi connectivity index (χ3v) is 4.03. The number of imide groups is 1. The molecule has 0 bridgehead atoms. The summed E-state index contributed by atoms with van der Waals surface area (Å²) in [4.78, 5) is 26.0. The summed E-state index contributed by atoms with van der Waals surface area (Å²) in [5.74, 6) is 0.109. The van der Waals surface area contributed by atoms with Gasteiger partial charge in [-0.3, -0.25) is 15.0 Å². The van der Waals surface area contributed by atoms with Gasteiger partial charge in [0.1, 0.15) is 0 Å². The van der Waals surface area contributed by atoms with Crippen LogP contribution in [0.15, 0.2) is 30.3 Å². The summed E-state index contributed by atoms with van der Waals surface area (Å²) >= 11 is 0. The normalized spacial score (nSPS) is 19.4. The van der Waals surface area contributed by atoms with Crippen LogP contribution in [0.4, 0.5) is 4.79 Å². The molecule has 1 heterocycles. The van der Waals surface area contributed by atoms with Crippen molar-refractivity contribution in [3.05, 3.63) is 35.9 Å². The van der Waals surface area contributed by atoms with Gasteiger partial charge in [-0.25, -0.2) is 4.79 Å². The first-order chi connectivity index (χ1) is 10.5. The van der Waals surface area contributed by atoms with Crippen molar-refractivity contribution < 1.29 is 9.59 Å². The minimum atomic E-state index is -0.415. The predicted octanol–water partition coefficient (Wildman–Crippen LogP) is 2.30. The Morgan fingerprint density at radius 2 is 1.91 bits per heavy atom. The topological polar surface area (TPSA) is 61.4 Å². The molecule has 120 valence electrons. The molecule has 0 aliphatic carbocycles. The Hall–Kier alpha value is -1.88. The number of carbonyl (C=O) groups excluding carboxylic acids is 2. The molecule has 22 heavy (non-hydrogen) atoms. The Bertz CT molecular complexity index is 516. The van der Waals surface area contributed by atoms with E-state index in [1.165, 1.54) is 5.56 Å². The van der Waals surface area contributed by atoms with Gasteiger partial charge in [-0.15, -0.1) is 0 Å². The van der Waals surface area contributed by atoms with Gasteiger partial charge in [0.05, 0.1) is 6.04 Å². The van der Waals surface area contributed by atoms with Gasteiger partial charge in [-0.1, -0.05) is 44.2 Å². The zero-order valence-electron chi connectivity index (χ0n) is 13.5. The maximum Gasteiger partial charge on any atom is 0.321 e. The number of nitrogens with zero attached hydrogens (tertiary/aromatic N) is 1. The third-order valence-electron chi connectivity index (χ3n) is 4.03. The zero-order valence-corrected chi connectivity index (χ0v) is 13.5. The minimum absolute atomic E-state index is 0.248. The van der Waals surface area contributed by atoms with Crippen molar-refractivity contribution in [2.24, 2.45) is 5.92 Å². The molecule has 2 atom stereocenters. The van der Waals surface area contributed by atoms with Gasteiger partial charge in [0, 0.05) is 19.1 Å². The largest absolute Gasteiger partial charge is 0.338 e. The van der Waals surface area contributed by atoms with E-state index in [1.807, 2.05) is 39.0 Å². The lowest BCUT2D eigenvalue weighted by Gasteiger charge is -2.44. The van der Waals surface area contributed by atoms with E-state index >= 15 is 0 Å². The summed E-state index contributed by atoms with van der Waals surface area (Å²) in [6.07, 6.45) is 1.04. The lowest BCUT2D eigenvalue weighted by atomic mass is 9.92. The van der Waals surface area contributed by atoms with Crippen LogP contribution in [0, 0.1) is 5.92 Å². The van der Waals surface area contributed by atoms with Crippen molar-refractivity contribution in [2.75, 3.05) is 13.1 Å². The molecule has 0 spiro atoms. The molecule has 1 fully saturated rings. The van der Waals surface area contributed by atoms with Crippen LogP contribution in [0.25, 0.3) is 0 Å². The fourth-order valence-electron chi connectivity index (χ4n) is 2.61. The number of hydrogen-bond acceptors (Lipinski definition) is 3. The van der Waals surface area contributed by atoms with E-state index in [1.54, 1.807) is 0 Å². The van der Waals surface area contributed by atoms with Crippen molar-refractivity contribution in [2.45, 2.75) is 39.3 Å². The highest BCUT2D eigenvalue weighted by atomic mass is 16.2. The van der Waals surface area contributed by atoms with Crippen LogP contribution in [0.1, 0.15) is 38.8 Å². The number of rotatable bonds is 5. The predicted molar refractivity (Wildman–Crippen MR) is 86.3 cm³/mol. The summed E-state index contributed by atoms with van der Waals surface area (Å²) in [7, 11) is 0. The summed E-state index contributed by atoms with van der Waals surface area (Å²) in [6, 6.07) is 9.70. The number of amides is 3. The van der Waals surface area contributed by atoms with Crippen molar-refractivity contribution in [1.29, 1.82) is 0 Å². The maximum absolute atomic E-state index is 12.2. The summed E-state index contributed by atoms with van der Waals surface area (Å²) in [5, 5.41) is 5.12. The number of benzene rings is 1. The summed E-state index contributed by atoms with van der Waals surface area (Å²) in [6.45, 7) is 7.30. The van der Waals surface area contributed by atoms with Crippen LogP contribution in [-0.4, -0.2) is 36.0 Å². The number of urea groups is 1. The Morgan fingerprint density at radius 3 is 2.45 bits per heavy atom. The molecule has 2 rings (SSSR count). The molecule has 1 saturated heterocycles. The number of carbonyl (C=O) groups is 2. The quantitative estimate of drug-likeness (QED) is 0.877.